The van der Waals surface area contributed by atoms with Crippen molar-refractivity contribution in [2.45, 2.75) is 18.8 Å². The van der Waals surface area contributed by atoms with Crippen molar-refractivity contribution in [2.24, 2.45) is 5.92 Å². The van der Waals surface area contributed by atoms with Crippen LogP contribution in [-0.2, 0) is 11.2 Å². The lowest BCUT2D eigenvalue weighted by Gasteiger charge is -2.06. The van der Waals surface area contributed by atoms with Crippen LogP contribution >= 0.6 is 0 Å². The highest BCUT2D eigenvalue weighted by atomic mass is 16.5. The average Bonchev–Trinajstić information content (AvgIpc) is 3.37. The molecule has 0 radical (unpaired) electrons. The van der Waals surface area contributed by atoms with E-state index >= 15 is 0 Å². The third-order valence-corrected chi connectivity index (χ3v) is 4.23. The second-order valence-corrected chi connectivity index (χ2v) is 5.75. The molecular formula is C19H21NO2. The topological polar surface area (TPSA) is 38.3 Å². The van der Waals surface area contributed by atoms with Crippen LogP contribution in [0.4, 0.5) is 0 Å². The van der Waals surface area contributed by atoms with Gasteiger partial charge in [0.05, 0.1) is 7.11 Å². The zero-order valence-corrected chi connectivity index (χ0v) is 12.8. The lowest BCUT2D eigenvalue weighted by Crippen LogP contribution is -2.27. The van der Waals surface area contributed by atoms with Crippen molar-refractivity contribution in [1.29, 1.82) is 0 Å². The zero-order chi connectivity index (χ0) is 15.4. The van der Waals surface area contributed by atoms with Gasteiger partial charge in [-0.05, 0) is 42.0 Å². The van der Waals surface area contributed by atoms with Crippen LogP contribution in [0.3, 0.4) is 0 Å². The van der Waals surface area contributed by atoms with E-state index in [0.717, 1.165) is 18.6 Å². The SMILES string of the molecule is COc1ccc(CCNC(=O)[C@H]2C[C@H]2c2ccccc2)cc1. The molecule has 3 nitrogen and oxygen atoms in total. The van der Waals surface area contributed by atoms with Gasteiger partial charge in [-0.2, -0.15) is 0 Å². The molecule has 0 unspecified atom stereocenters. The maximum absolute atomic E-state index is 12.1. The number of hydrogen-bond donors (Lipinski definition) is 1. The summed E-state index contributed by atoms with van der Waals surface area (Å²) in [6.45, 7) is 0.684. The minimum absolute atomic E-state index is 0.151. The van der Waals surface area contributed by atoms with E-state index in [-0.39, 0.29) is 11.8 Å². The molecule has 1 amide bonds. The average molecular weight is 295 g/mol. The molecule has 1 fully saturated rings. The fourth-order valence-electron chi connectivity index (χ4n) is 2.81. The summed E-state index contributed by atoms with van der Waals surface area (Å²) < 4.78 is 5.14. The Hall–Kier alpha value is -2.29. The van der Waals surface area contributed by atoms with Gasteiger partial charge in [0.25, 0.3) is 0 Å². The number of nitrogens with one attached hydrogen (secondary N) is 1. The first kappa shape index (κ1) is 14.6. The van der Waals surface area contributed by atoms with Crippen LogP contribution in [0.2, 0.25) is 0 Å². The maximum atomic E-state index is 12.1. The van der Waals surface area contributed by atoms with E-state index in [1.54, 1.807) is 7.11 Å². The Morgan fingerprint density at radius 2 is 1.86 bits per heavy atom. The Morgan fingerprint density at radius 1 is 1.14 bits per heavy atom. The lowest BCUT2D eigenvalue weighted by atomic mass is 10.1. The summed E-state index contributed by atoms with van der Waals surface area (Å²) in [5, 5.41) is 3.05. The number of hydrogen-bond acceptors (Lipinski definition) is 2. The minimum Gasteiger partial charge on any atom is -0.497 e. The number of benzene rings is 2. The molecule has 0 bridgehead atoms. The molecule has 0 spiro atoms. The highest BCUT2D eigenvalue weighted by Crippen LogP contribution is 2.47. The van der Waals surface area contributed by atoms with Crippen molar-refractivity contribution in [3.8, 4) is 5.75 Å². The summed E-state index contributed by atoms with van der Waals surface area (Å²) in [5.41, 5.74) is 2.48. The Kier molecular flexibility index (Phi) is 4.42. The van der Waals surface area contributed by atoms with E-state index < -0.39 is 0 Å². The molecule has 114 valence electrons. The van der Waals surface area contributed by atoms with Crippen LogP contribution in [0.25, 0.3) is 0 Å². The van der Waals surface area contributed by atoms with Gasteiger partial charge in [0, 0.05) is 12.5 Å². The van der Waals surface area contributed by atoms with Gasteiger partial charge in [0.15, 0.2) is 0 Å². The van der Waals surface area contributed by atoms with E-state index in [9.17, 15) is 4.79 Å². The van der Waals surface area contributed by atoms with Gasteiger partial charge >= 0.3 is 0 Å². The monoisotopic (exact) mass is 295 g/mol. The quantitative estimate of drug-likeness (QED) is 0.889. The summed E-state index contributed by atoms with van der Waals surface area (Å²) in [5.74, 6) is 1.60. The van der Waals surface area contributed by atoms with Crippen LogP contribution in [0, 0.1) is 5.92 Å². The Balaban J connectivity index is 1.43. The third-order valence-electron chi connectivity index (χ3n) is 4.23. The fourth-order valence-corrected chi connectivity index (χ4v) is 2.81. The number of rotatable bonds is 6. The second-order valence-electron chi connectivity index (χ2n) is 5.75. The molecule has 1 aliphatic rings. The normalized spacial score (nSPS) is 19.5. The van der Waals surface area contributed by atoms with Crippen LogP contribution < -0.4 is 10.1 Å². The van der Waals surface area contributed by atoms with Crippen molar-refractivity contribution in [2.75, 3.05) is 13.7 Å². The number of amides is 1. The van der Waals surface area contributed by atoms with Gasteiger partial charge in [-0.1, -0.05) is 42.5 Å². The van der Waals surface area contributed by atoms with E-state index in [2.05, 4.69) is 17.4 Å². The lowest BCUT2D eigenvalue weighted by molar-refractivity contribution is -0.122. The van der Waals surface area contributed by atoms with Crippen LogP contribution in [-0.4, -0.2) is 19.6 Å². The van der Waals surface area contributed by atoms with Crippen molar-refractivity contribution in [1.82, 2.24) is 5.32 Å². The fraction of sp³-hybridized carbons (Fsp3) is 0.316. The maximum Gasteiger partial charge on any atom is 0.223 e. The number of carbonyl (C=O) groups is 1. The smallest absolute Gasteiger partial charge is 0.223 e. The van der Waals surface area contributed by atoms with Gasteiger partial charge in [-0.25, -0.2) is 0 Å². The van der Waals surface area contributed by atoms with Gasteiger partial charge in [-0.15, -0.1) is 0 Å². The Morgan fingerprint density at radius 3 is 2.55 bits per heavy atom. The van der Waals surface area contributed by atoms with Crippen molar-refractivity contribution < 1.29 is 9.53 Å². The Labute approximate surface area is 131 Å². The van der Waals surface area contributed by atoms with Crippen LogP contribution in [0.15, 0.2) is 54.6 Å². The minimum atomic E-state index is 0.151. The molecule has 0 aliphatic heterocycles. The highest BCUT2D eigenvalue weighted by molar-refractivity contribution is 5.82. The number of carbonyl (C=O) groups excluding carboxylic acids is 1. The summed E-state index contributed by atoms with van der Waals surface area (Å²) in [6, 6.07) is 18.3. The molecule has 1 aliphatic carbocycles. The molecule has 0 aromatic heterocycles. The van der Waals surface area contributed by atoms with E-state index in [0.29, 0.717) is 12.5 Å². The largest absolute Gasteiger partial charge is 0.497 e. The molecule has 3 heteroatoms. The summed E-state index contributed by atoms with van der Waals surface area (Å²) in [7, 11) is 1.66. The molecule has 2 atom stereocenters. The van der Waals surface area contributed by atoms with Crippen LogP contribution in [0.1, 0.15) is 23.5 Å². The predicted molar refractivity (Wildman–Crippen MR) is 87.0 cm³/mol. The highest BCUT2D eigenvalue weighted by Gasteiger charge is 2.43. The molecule has 1 N–H and O–H groups in total. The molecule has 0 heterocycles. The molecular weight excluding hydrogens is 274 g/mol. The second kappa shape index (κ2) is 6.65. The number of ether oxygens (including phenoxy) is 1. The standard InChI is InChI=1S/C19H21NO2/c1-22-16-9-7-14(8-10-16)11-12-20-19(21)18-13-17(18)15-5-3-2-4-6-15/h2-10,17-18H,11-13H2,1H3,(H,20,21)/t17-,18-/m0/s1. The van der Waals surface area contributed by atoms with E-state index in [4.69, 9.17) is 4.74 Å². The Bertz CT molecular complexity index is 622. The summed E-state index contributed by atoms with van der Waals surface area (Å²) in [4.78, 5) is 12.1. The van der Waals surface area contributed by atoms with Crippen molar-refractivity contribution >= 4 is 5.91 Å². The summed E-state index contributed by atoms with van der Waals surface area (Å²) in [6.07, 6.45) is 1.82. The molecule has 2 aromatic rings. The summed E-state index contributed by atoms with van der Waals surface area (Å²) >= 11 is 0. The van der Waals surface area contributed by atoms with Crippen LogP contribution in [0.5, 0.6) is 5.75 Å². The van der Waals surface area contributed by atoms with Gasteiger partial charge in [0.1, 0.15) is 5.75 Å². The van der Waals surface area contributed by atoms with Gasteiger partial charge in [0.2, 0.25) is 5.91 Å². The molecule has 3 rings (SSSR count). The molecule has 22 heavy (non-hydrogen) atoms. The third kappa shape index (κ3) is 3.48. The van der Waals surface area contributed by atoms with E-state index in [1.807, 2.05) is 42.5 Å². The first-order valence-electron chi connectivity index (χ1n) is 7.73. The van der Waals surface area contributed by atoms with Crippen molar-refractivity contribution in [3.05, 3.63) is 65.7 Å². The van der Waals surface area contributed by atoms with E-state index in [1.165, 1.54) is 11.1 Å². The number of methoxy groups -OCH3 is 1. The molecule has 2 aromatic carbocycles. The van der Waals surface area contributed by atoms with Crippen molar-refractivity contribution in [3.63, 3.8) is 0 Å². The predicted octanol–water partition coefficient (Wildman–Crippen LogP) is 3.16. The van der Waals surface area contributed by atoms with Gasteiger partial charge in [-0.3, -0.25) is 4.79 Å². The molecule has 0 saturated heterocycles. The first-order chi connectivity index (χ1) is 10.8. The van der Waals surface area contributed by atoms with Gasteiger partial charge < -0.3 is 10.1 Å². The first-order valence-corrected chi connectivity index (χ1v) is 7.73. The zero-order valence-electron chi connectivity index (χ0n) is 12.8. The molecule has 1 saturated carbocycles.